The van der Waals surface area contributed by atoms with E-state index in [1.165, 1.54) is 62.9 Å². The summed E-state index contributed by atoms with van der Waals surface area (Å²) in [7, 11) is 0. The molecule has 4 rings (SSSR count). The van der Waals surface area contributed by atoms with Crippen molar-refractivity contribution in [2.45, 2.75) is 82.4 Å². The van der Waals surface area contributed by atoms with Gasteiger partial charge in [0.05, 0.1) is 0 Å². The summed E-state index contributed by atoms with van der Waals surface area (Å²) in [5.74, 6) is 4.62. The van der Waals surface area contributed by atoms with Gasteiger partial charge in [-0.2, -0.15) is 11.8 Å². The van der Waals surface area contributed by atoms with Crippen molar-refractivity contribution in [3.63, 3.8) is 0 Å². The van der Waals surface area contributed by atoms with Gasteiger partial charge < -0.3 is 14.8 Å². The molecule has 1 N–H and O–H groups in total. The van der Waals surface area contributed by atoms with Gasteiger partial charge in [0.25, 0.3) is 0 Å². The topological polar surface area (TPSA) is 58.3 Å². The average molecular weight is 533 g/mol. The average Bonchev–Trinajstić information content (AvgIpc) is 2.94. The molecule has 1 aromatic rings. The van der Waals surface area contributed by atoms with Gasteiger partial charge in [-0.15, -0.1) is 34.2 Å². The summed E-state index contributed by atoms with van der Waals surface area (Å²) < 4.78 is 2.82. The molecule has 29 heavy (non-hydrogen) atoms. The van der Waals surface area contributed by atoms with Gasteiger partial charge in [0, 0.05) is 56.1 Å². The lowest BCUT2D eigenvalue weighted by Crippen LogP contribution is -2.53. The molecular formula is C21H37IN6S. The molecule has 0 unspecified atom stereocenters. The Morgan fingerprint density at radius 3 is 2.76 bits per heavy atom. The SMILES string of the molecule is CCNC(=NCCc1nnc2n1CCCCC2)N1CCSC2(CCCCC2)C1.I. The molecule has 1 aromatic heterocycles. The predicted molar refractivity (Wildman–Crippen MR) is 133 cm³/mol. The van der Waals surface area contributed by atoms with Crippen molar-refractivity contribution in [3.05, 3.63) is 11.6 Å². The highest BCUT2D eigenvalue weighted by molar-refractivity contribution is 14.0. The fraction of sp³-hybridized carbons (Fsp3) is 0.857. The highest BCUT2D eigenvalue weighted by atomic mass is 127. The summed E-state index contributed by atoms with van der Waals surface area (Å²) in [5.41, 5.74) is 0. The number of aryl methyl sites for hydroxylation is 1. The molecule has 0 bridgehead atoms. The Bertz CT molecular complexity index is 665. The number of guanidine groups is 1. The van der Waals surface area contributed by atoms with Crippen molar-refractivity contribution >= 4 is 41.7 Å². The maximum Gasteiger partial charge on any atom is 0.194 e. The molecule has 2 fully saturated rings. The normalized spacial score (nSPS) is 22.0. The Kier molecular flexibility index (Phi) is 8.95. The lowest BCUT2D eigenvalue weighted by Gasteiger charge is -2.45. The first-order valence-corrected chi connectivity index (χ1v) is 12.4. The molecular weight excluding hydrogens is 495 g/mol. The molecule has 1 saturated carbocycles. The second kappa shape index (κ2) is 11.2. The van der Waals surface area contributed by atoms with E-state index >= 15 is 0 Å². The zero-order chi connectivity index (χ0) is 19.2. The molecule has 3 aliphatic rings. The van der Waals surface area contributed by atoms with E-state index in [1.807, 2.05) is 0 Å². The van der Waals surface area contributed by atoms with Crippen LogP contribution in [0.5, 0.6) is 0 Å². The van der Waals surface area contributed by atoms with E-state index in [0.29, 0.717) is 4.75 Å². The third-order valence-electron chi connectivity index (χ3n) is 6.43. The van der Waals surface area contributed by atoms with Crippen molar-refractivity contribution in [1.82, 2.24) is 25.0 Å². The van der Waals surface area contributed by atoms with Crippen LogP contribution in [0.25, 0.3) is 0 Å². The highest BCUT2D eigenvalue weighted by Crippen LogP contribution is 2.42. The van der Waals surface area contributed by atoms with Crippen LogP contribution in [0, 0.1) is 0 Å². The van der Waals surface area contributed by atoms with E-state index in [2.05, 4.69) is 43.7 Å². The van der Waals surface area contributed by atoms with Crippen molar-refractivity contribution in [2.75, 3.05) is 31.9 Å². The van der Waals surface area contributed by atoms with E-state index in [0.717, 1.165) is 57.3 Å². The lowest BCUT2D eigenvalue weighted by molar-refractivity contribution is 0.293. The zero-order valence-corrected chi connectivity index (χ0v) is 21.0. The number of halogens is 1. The van der Waals surface area contributed by atoms with Gasteiger partial charge in [-0.3, -0.25) is 4.99 Å². The van der Waals surface area contributed by atoms with Crippen LogP contribution in [0.15, 0.2) is 4.99 Å². The van der Waals surface area contributed by atoms with Crippen LogP contribution in [-0.4, -0.2) is 62.3 Å². The van der Waals surface area contributed by atoms with Crippen molar-refractivity contribution in [2.24, 2.45) is 4.99 Å². The Morgan fingerprint density at radius 1 is 1.10 bits per heavy atom. The van der Waals surface area contributed by atoms with E-state index in [9.17, 15) is 0 Å². The monoisotopic (exact) mass is 532 g/mol. The number of aromatic nitrogens is 3. The fourth-order valence-corrected chi connectivity index (χ4v) is 6.51. The summed E-state index contributed by atoms with van der Waals surface area (Å²) in [6.45, 7) is 7.23. The summed E-state index contributed by atoms with van der Waals surface area (Å²) >= 11 is 2.22. The minimum Gasteiger partial charge on any atom is -0.357 e. The van der Waals surface area contributed by atoms with E-state index in [4.69, 9.17) is 4.99 Å². The molecule has 1 saturated heterocycles. The lowest BCUT2D eigenvalue weighted by atomic mass is 9.87. The van der Waals surface area contributed by atoms with E-state index in [1.54, 1.807) is 0 Å². The molecule has 0 radical (unpaired) electrons. The first kappa shape index (κ1) is 23.2. The third kappa shape index (κ3) is 5.80. The molecule has 2 aliphatic heterocycles. The number of fused-ring (bicyclic) bond motifs is 1. The number of nitrogens with zero attached hydrogens (tertiary/aromatic N) is 5. The fourth-order valence-electron chi connectivity index (χ4n) is 4.94. The molecule has 8 heteroatoms. The van der Waals surface area contributed by atoms with Crippen molar-refractivity contribution < 1.29 is 0 Å². The molecule has 0 amide bonds. The first-order chi connectivity index (χ1) is 13.8. The molecule has 0 atom stereocenters. The zero-order valence-electron chi connectivity index (χ0n) is 17.9. The van der Waals surface area contributed by atoms with Gasteiger partial charge in [-0.25, -0.2) is 0 Å². The van der Waals surface area contributed by atoms with Gasteiger partial charge >= 0.3 is 0 Å². The standard InChI is InChI=1S/C21H36N6S.HI/c1-2-22-20(26-15-16-28-21(17-26)11-6-4-7-12-21)23-13-10-19-25-24-18-9-5-3-8-14-27(18)19;/h2-17H2,1H3,(H,22,23);1H. The highest BCUT2D eigenvalue weighted by Gasteiger charge is 2.38. The Labute approximate surface area is 197 Å². The quantitative estimate of drug-likeness (QED) is 0.363. The number of hydrogen-bond donors (Lipinski definition) is 1. The number of thioether (sulfide) groups is 1. The van der Waals surface area contributed by atoms with E-state index < -0.39 is 0 Å². The van der Waals surface area contributed by atoms with Gasteiger partial charge in [0.15, 0.2) is 5.96 Å². The third-order valence-corrected chi connectivity index (χ3v) is 7.97. The van der Waals surface area contributed by atoms with E-state index in [-0.39, 0.29) is 24.0 Å². The summed E-state index contributed by atoms with van der Waals surface area (Å²) in [6, 6.07) is 0. The molecule has 0 aromatic carbocycles. The Balaban J connectivity index is 0.00000240. The molecule has 1 spiro atoms. The van der Waals surface area contributed by atoms with Crippen molar-refractivity contribution in [3.8, 4) is 0 Å². The maximum absolute atomic E-state index is 5.00. The van der Waals surface area contributed by atoms with Crippen LogP contribution in [0.2, 0.25) is 0 Å². The van der Waals surface area contributed by atoms with Crippen LogP contribution in [0.3, 0.4) is 0 Å². The van der Waals surface area contributed by atoms with Crippen molar-refractivity contribution in [1.29, 1.82) is 0 Å². The van der Waals surface area contributed by atoms with Crippen LogP contribution in [0.4, 0.5) is 0 Å². The van der Waals surface area contributed by atoms with Crippen LogP contribution >= 0.6 is 35.7 Å². The van der Waals surface area contributed by atoms with Gasteiger partial charge in [-0.1, -0.05) is 25.7 Å². The summed E-state index contributed by atoms with van der Waals surface area (Å²) in [5, 5.41) is 12.5. The molecule has 164 valence electrons. The Morgan fingerprint density at radius 2 is 1.93 bits per heavy atom. The van der Waals surface area contributed by atoms with Crippen LogP contribution in [0.1, 0.15) is 69.9 Å². The largest absolute Gasteiger partial charge is 0.357 e. The number of aliphatic imine (C=N–C) groups is 1. The summed E-state index contributed by atoms with van der Waals surface area (Å²) in [4.78, 5) is 7.53. The number of nitrogens with one attached hydrogen (secondary N) is 1. The predicted octanol–water partition coefficient (Wildman–Crippen LogP) is 3.88. The molecule has 6 nitrogen and oxygen atoms in total. The molecule has 1 aliphatic carbocycles. The maximum atomic E-state index is 5.00. The number of hydrogen-bond acceptors (Lipinski definition) is 4. The van der Waals surface area contributed by atoms with Crippen LogP contribution < -0.4 is 5.32 Å². The smallest absolute Gasteiger partial charge is 0.194 e. The number of rotatable bonds is 4. The van der Waals surface area contributed by atoms with Crippen LogP contribution in [-0.2, 0) is 19.4 Å². The second-order valence-electron chi connectivity index (χ2n) is 8.49. The second-order valence-corrected chi connectivity index (χ2v) is 10.1. The Hall–Kier alpha value is -0.510. The van der Waals surface area contributed by atoms with Gasteiger partial charge in [-0.05, 0) is 32.6 Å². The summed E-state index contributed by atoms with van der Waals surface area (Å²) in [6.07, 6.45) is 12.7. The van der Waals surface area contributed by atoms with Gasteiger partial charge in [0.1, 0.15) is 11.6 Å². The first-order valence-electron chi connectivity index (χ1n) is 11.4. The minimum absolute atomic E-state index is 0. The molecule has 3 heterocycles. The minimum atomic E-state index is 0. The van der Waals surface area contributed by atoms with Gasteiger partial charge in [0.2, 0.25) is 0 Å².